The van der Waals surface area contributed by atoms with E-state index in [2.05, 4.69) is 34.1 Å². The van der Waals surface area contributed by atoms with Crippen LogP contribution >= 0.6 is 0 Å². The SMILES string of the molecule is CCC(C)n1nccc1NC(=O)C(C)N1CCC(CN2CCCCCC2)CC1. The highest BCUT2D eigenvalue weighted by atomic mass is 16.2. The Kier molecular flexibility index (Phi) is 7.91. The van der Waals surface area contributed by atoms with Gasteiger partial charge in [0.2, 0.25) is 5.91 Å². The molecular weight excluding hydrogens is 350 g/mol. The summed E-state index contributed by atoms with van der Waals surface area (Å²) >= 11 is 0. The Hall–Kier alpha value is -1.40. The van der Waals surface area contributed by atoms with E-state index in [0.717, 1.165) is 31.2 Å². The third-order valence-electron chi connectivity index (χ3n) is 6.72. The monoisotopic (exact) mass is 389 g/mol. The average molecular weight is 390 g/mol. The topological polar surface area (TPSA) is 53.4 Å². The average Bonchev–Trinajstić information content (AvgIpc) is 3.02. The van der Waals surface area contributed by atoms with Gasteiger partial charge in [-0.2, -0.15) is 5.10 Å². The minimum absolute atomic E-state index is 0.0796. The minimum Gasteiger partial charge on any atom is -0.310 e. The predicted octanol–water partition coefficient (Wildman–Crippen LogP) is 3.77. The van der Waals surface area contributed by atoms with Crippen molar-refractivity contribution in [2.24, 2.45) is 5.92 Å². The van der Waals surface area contributed by atoms with Gasteiger partial charge >= 0.3 is 0 Å². The van der Waals surface area contributed by atoms with E-state index >= 15 is 0 Å². The number of hydrogen-bond acceptors (Lipinski definition) is 4. The molecule has 1 aromatic heterocycles. The summed E-state index contributed by atoms with van der Waals surface area (Å²) in [5.74, 6) is 1.68. The fourth-order valence-corrected chi connectivity index (χ4v) is 4.54. The van der Waals surface area contributed by atoms with E-state index in [1.54, 1.807) is 6.20 Å². The molecule has 6 heteroatoms. The summed E-state index contributed by atoms with van der Waals surface area (Å²) in [6.07, 6.45) is 10.7. The maximum Gasteiger partial charge on any atom is 0.242 e. The molecule has 1 aromatic rings. The first-order valence-corrected chi connectivity index (χ1v) is 11.4. The molecule has 3 rings (SSSR count). The molecule has 1 amide bonds. The highest BCUT2D eigenvalue weighted by molar-refractivity contribution is 5.93. The maximum atomic E-state index is 12.8. The lowest BCUT2D eigenvalue weighted by Gasteiger charge is -2.37. The summed E-state index contributed by atoms with van der Waals surface area (Å²) in [6, 6.07) is 2.08. The molecular formula is C22H39N5O. The molecule has 0 spiro atoms. The maximum absolute atomic E-state index is 12.8. The lowest BCUT2D eigenvalue weighted by Crippen LogP contribution is -2.47. The van der Waals surface area contributed by atoms with Crippen molar-refractivity contribution in [3.63, 3.8) is 0 Å². The highest BCUT2D eigenvalue weighted by Crippen LogP contribution is 2.23. The van der Waals surface area contributed by atoms with Crippen molar-refractivity contribution in [2.45, 2.75) is 77.8 Å². The molecule has 0 aliphatic carbocycles. The van der Waals surface area contributed by atoms with Crippen molar-refractivity contribution >= 4 is 11.7 Å². The fourth-order valence-electron chi connectivity index (χ4n) is 4.54. The summed E-state index contributed by atoms with van der Waals surface area (Å²) in [5.41, 5.74) is 0. The van der Waals surface area contributed by atoms with Crippen LogP contribution in [0.3, 0.4) is 0 Å². The van der Waals surface area contributed by atoms with Gasteiger partial charge in [0.05, 0.1) is 18.3 Å². The number of anilines is 1. The van der Waals surface area contributed by atoms with E-state index in [0.29, 0.717) is 0 Å². The smallest absolute Gasteiger partial charge is 0.242 e. The standard InChI is InChI=1S/C22H39N5O/c1-4-18(2)27-21(9-12-23-27)24-22(28)19(3)26-15-10-20(11-16-26)17-25-13-7-5-6-8-14-25/h9,12,18-20H,4-8,10-11,13-17H2,1-3H3,(H,24,28). The van der Waals surface area contributed by atoms with Crippen molar-refractivity contribution in [3.05, 3.63) is 12.3 Å². The van der Waals surface area contributed by atoms with Crippen LogP contribution in [-0.4, -0.2) is 64.3 Å². The Labute approximate surface area is 170 Å². The van der Waals surface area contributed by atoms with Crippen molar-refractivity contribution < 1.29 is 4.79 Å². The molecule has 2 saturated heterocycles. The molecule has 6 nitrogen and oxygen atoms in total. The number of carbonyl (C=O) groups is 1. The fraction of sp³-hybridized carbons (Fsp3) is 0.818. The number of hydrogen-bond donors (Lipinski definition) is 1. The van der Waals surface area contributed by atoms with Gasteiger partial charge in [0.25, 0.3) is 0 Å². The van der Waals surface area contributed by atoms with E-state index in [1.165, 1.54) is 58.2 Å². The second kappa shape index (κ2) is 10.4. The molecule has 158 valence electrons. The molecule has 0 bridgehead atoms. The van der Waals surface area contributed by atoms with Gasteiger partial charge in [0.15, 0.2) is 0 Å². The lowest BCUT2D eigenvalue weighted by atomic mass is 9.95. The summed E-state index contributed by atoms with van der Waals surface area (Å²) in [5, 5.41) is 7.47. The van der Waals surface area contributed by atoms with Crippen LogP contribution in [0, 0.1) is 5.92 Å². The summed E-state index contributed by atoms with van der Waals surface area (Å²) in [7, 11) is 0. The van der Waals surface area contributed by atoms with Crippen molar-refractivity contribution in [1.29, 1.82) is 0 Å². The van der Waals surface area contributed by atoms with Crippen LogP contribution in [0.4, 0.5) is 5.82 Å². The van der Waals surface area contributed by atoms with E-state index in [1.807, 2.05) is 17.7 Å². The summed E-state index contributed by atoms with van der Waals surface area (Å²) in [6.45, 7) is 12.2. The van der Waals surface area contributed by atoms with Crippen LogP contribution in [0.15, 0.2) is 12.3 Å². The molecule has 0 radical (unpaired) electrons. The first-order chi connectivity index (χ1) is 13.6. The van der Waals surface area contributed by atoms with Gasteiger partial charge in [0.1, 0.15) is 5.82 Å². The van der Waals surface area contributed by atoms with Gasteiger partial charge in [0, 0.05) is 12.6 Å². The first-order valence-electron chi connectivity index (χ1n) is 11.4. The number of amides is 1. The van der Waals surface area contributed by atoms with Crippen molar-refractivity contribution in [2.75, 3.05) is 38.0 Å². The quantitative estimate of drug-likeness (QED) is 0.771. The van der Waals surface area contributed by atoms with E-state index in [4.69, 9.17) is 0 Å². The van der Waals surface area contributed by atoms with Crippen LogP contribution in [0.5, 0.6) is 0 Å². The van der Waals surface area contributed by atoms with Crippen molar-refractivity contribution in [1.82, 2.24) is 19.6 Å². The number of rotatable bonds is 7. The van der Waals surface area contributed by atoms with Gasteiger partial charge in [-0.3, -0.25) is 9.69 Å². The summed E-state index contributed by atoms with van der Waals surface area (Å²) < 4.78 is 1.91. The second-order valence-electron chi connectivity index (χ2n) is 8.78. The molecule has 3 heterocycles. The van der Waals surface area contributed by atoms with Crippen LogP contribution < -0.4 is 5.32 Å². The molecule has 2 unspecified atom stereocenters. The van der Waals surface area contributed by atoms with Crippen LogP contribution in [0.25, 0.3) is 0 Å². The minimum atomic E-state index is -0.0978. The van der Waals surface area contributed by atoms with Crippen LogP contribution in [0.1, 0.15) is 71.8 Å². The second-order valence-corrected chi connectivity index (χ2v) is 8.78. The molecule has 0 aromatic carbocycles. The number of aromatic nitrogens is 2. The number of nitrogens with one attached hydrogen (secondary N) is 1. The third-order valence-corrected chi connectivity index (χ3v) is 6.72. The first kappa shape index (κ1) is 21.3. The Morgan fingerprint density at radius 3 is 2.46 bits per heavy atom. The molecule has 28 heavy (non-hydrogen) atoms. The normalized spacial score (nSPS) is 22.5. The molecule has 2 atom stereocenters. The van der Waals surface area contributed by atoms with E-state index in [-0.39, 0.29) is 18.0 Å². The van der Waals surface area contributed by atoms with E-state index in [9.17, 15) is 4.79 Å². The van der Waals surface area contributed by atoms with Gasteiger partial charge < -0.3 is 10.2 Å². The Morgan fingerprint density at radius 2 is 1.82 bits per heavy atom. The number of nitrogens with zero attached hydrogens (tertiary/aromatic N) is 4. The summed E-state index contributed by atoms with van der Waals surface area (Å²) in [4.78, 5) is 17.8. The third kappa shape index (κ3) is 5.57. The number of carbonyl (C=O) groups excluding carboxylic acids is 1. The Balaban J connectivity index is 1.46. The molecule has 2 aliphatic rings. The number of piperidine rings is 1. The molecule has 2 fully saturated rings. The van der Waals surface area contributed by atoms with Gasteiger partial charge in [-0.15, -0.1) is 0 Å². The molecule has 2 aliphatic heterocycles. The van der Waals surface area contributed by atoms with Crippen LogP contribution in [0.2, 0.25) is 0 Å². The predicted molar refractivity (Wildman–Crippen MR) is 115 cm³/mol. The number of likely N-dealkylation sites (tertiary alicyclic amines) is 2. The Morgan fingerprint density at radius 1 is 1.14 bits per heavy atom. The van der Waals surface area contributed by atoms with Crippen LogP contribution in [-0.2, 0) is 4.79 Å². The largest absolute Gasteiger partial charge is 0.310 e. The molecule has 1 N–H and O–H groups in total. The van der Waals surface area contributed by atoms with Gasteiger partial charge in [-0.25, -0.2) is 4.68 Å². The van der Waals surface area contributed by atoms with Gasteiger partial charge in [-0.05, 0) is 78.0 Å². The Bertz CT molecular complexity index is 600. The molecule has 0 saturated carbocycles. The highest BCUT2D eigenvalue weighted by Gasteiger charge is 2.28. The zero-order valence-corrected chi connectivity index (χ0v) is 18.1. The zero-order valence-electron chi connectivity index (χ0n) is 18.1. The van der Waals surface area contributed by atoms with Crippen molar-refractivity contribution in [3.8, 4) is 0 Å². The zero-order chi connectivity index (χ0) is 19.9. The lowest BCUT2D eigenvalue weighted by molar-refractivity contribution is -0.121. The van der Waals surface area contributed by atoms with Gasteiger partial charge in [-0.1, -0.05) is 19.8 Å². The van der Waals surface area contributed by atoms with E-state index < -0.39 is 0 Å².